The predicted octanol–water partition coefficient (Wildman–Crippen LogP) is 11.8. The summed E-state index contributed by atoms with van der Waals surface area (Å²) >= 11 is 0. The van der Waals surface area contributed by atoms with E-state index in [1.54, 1.807) is 0 Å². The summed E-state index contributed by atoms with van der Waals surface area (Å²) in [6, 6.07) is 63.1. The molecule has 5 aliphatic rings. The summed E-state index contributed by atoms with van der Waals surface area (Å²) in [7, 11) is 0. The minimum atomic E-state index is -0.999. The number of rotatable bonds is 4. The lowest BCUT2D eigenvalue weighted by molar-refractivity contribution is -0.128. The number of hydrogen-bond acceptors (Lipinski definition) is 1. The van der Waals surface area contributed by atoms with Crippen LogP contribution < -0.4 is 5.32 Å². The SMILES string of the molecule is O=C1NCC(c2cccc3c2Cc2ccccc2-3)(c2cccc3c2Cc2ccccc2-3)CC1(c1cccc2c1Cc1ccccc1-2)c1cccc2c1Cc1ccccc1-2. The Morgan fingerprint density at radius 1 is 0.339 bits per heavy atom. The number of nitrogens with one attached hydrogen (secondary N) is 1. The van der Waals surface area contributed by atoms with Gasteiger partial charge >= 0.3 is 0 Å². The normalized spacial score (nSPS) is 16.5. The van der Waals surface area contributed by atoms with Gasteiger partial charge in [-0.15, -0.1) is 0 Å². The van der Waals surface area contributed by atoms with Crippen LogP contribution in [0.15, 0.2) is 170 Å². The fourth-order valence-electron chi connectivity index (χ4n) is 12.4. The van der Waals surface area contributed by atoms with E-state index in [0.29, 0.717) is 13.0 Å². The second-order valence-electron chi connectivity index (χ2n) is 17.5. The summed E-state index contributed by atoms with van der Waals surface area (Å²) < 4.78 is 0. The molecule has 2 nitrogen and oxygen atoms in total. The van der Waals surface area contributed by atoms with Gasteiger partial charge in [0.2, 0.25) is 5.91 Å². The first-order chi connectivity index (χ1) is 29.1. The van der Waals surface area contributed by atoms with Crippen LogP contribution in [0.5, 0.6) is 0 Å². The lowest BCUT2D eigenvalue weighted by atomic mass is 9.54. The van der Waals surface area contributed by atoms with Crippen molar-refractivity contribution in [1.82, 2.24) is 5.32 Å². The van der Waals surface area contributed by atoms with E-state index < -0.39 is 10.8 Å². The molecule has 2 heteroatoms. The van der Waals surface area contributed by atoms with E-state index in [2.05, 4.69) is 175 Å². The van der Waals surface area contributed by atoms with Gasteiger partial charge in [0.15, 0.2) is 0 Å². The van der Waals surface area contributed by atoms with Crippen LogP contribution in [0, 0.1) is 0 Å². The lowest BCUT2D eigenvalue weighted by Gasteiger charge is -2.50. The zero-order valence-corrected chi connectivity index (χ0v) is 32.8. The number of carbonyl (C=O) groups is 1. The average molecular weight is 756 g/mol. The molecule has 1 N–H and O–H groups in total. The fourth-order valence-corrected chi connectivity index (χ4v) is 12.4. The van der Waals surface area contributed by atoms with E-state index in [0.717, 1.165) is 36.8 Å². The molecule has 1 saturated heterocycles. The molecule has 0 bridgehead atoms. The third-order valence-corrected chi connectivity index (χ3v) is 14.9. The summed E-state index contributed by atoms with van der Waals surface area (Å²) in [5, 5.41) is 3.77. The minimum Gasteiger partial charge on any atom is -0.354 e. The van der Waals surface area contributed by atoms with E-state index in [1.807, 2.05) is 0 Å². The molecule has 1 heterocycles. The van der Waals surface area contributed by atoms with Crippen LogP contribution in [0.2, 0.25) is 0 Å². The second kappa shape index (κ2) is 12.1. The molecule has 1 amide bonds. The molecule has 0 spiro atoms. The van der Waals surface area contributed by atoms with Crippen LogP contribution in [0.1, 0.15) is 73.2 Å². The first kappa shape index (κ1) is 33.2. The average Bonchev–Trinajstić information content (AvgIpc) is 4.07. The van der Waals surface area contributed by atoms with Gasteiger partial charge in [-0.05, 0) is 143 Å². The van der Waals surface area contributed by atoms with Crippen molar-refractivity contribution < 1.29 is 4.79 Å². The second-order valence-corrected chi connectivity index (χ2v) is 17.5. The number of hydrogen-bond donors (Lipinski definition) is 1. The van der Waals surface area contributed by atoms with Crippen LogP contribution in [0.4, 0.5) is 0 Å². The summed E-state index contributed by atoms with van der Waals surface area (Å²) in [6.07, 6.45) is 4.00. The highest BCUT2D eigenvalue weighted by atomic mass is 16.2. The molecule has 0 aromatic heterocycles. The van der Waals surface area contributed by atoms with Crippen LogP contribution in [-0.2, 0) is 41.3 Å². The van der Waals surface area contributed by atoms with E-state index >= 15 is 4.79 Å². The molecular formula is C57H41NO. The molecule has 280 valence electrons. The van der Waals surface area contributed by atoms with Crippen molar-refractivity contribution in [2.24, 2.45) is 0 Å². The summed E-state index contributed by atoms with van der Waals surface area (Å²) in [6.45, 7) is 0.525. The minimum absolute atomic E-state index is 0.105. The Morgan fingerprint density at radius 2 is 0.644 bits per heavy atom. The number of benzene rings is 8. The zero-order valence-electron chi connectivity index (χ0n) is 32.8. The smallest absolute Gasteiger partial charge is 0.235 e. The van der Waals surface area contributed by atoms with Gasteiger partial charge < -0.3 is 5.32 Å². The monoisotopic (exact) mass is 755 g/mol. The van der Waals surface area contributed by atoms with E-state index in [4.69, 9.17) is 0 Å². The van der Waals surface area contributed by atoms with Crippen LogP contribution in [0.3, 0.4) is 0 Å². The topological polar surface area (TPSA) is 29.1 Å². The highest BCUT2D eigenvalue weighted by Gasteiger charge is 2.57. The molecular weight excluding hydrogens is 715 g/mol. The number of piperidine rings is 1. The predicted molar refractivity (Wildman–Crippen MR) is 238 cm³/mol. The Morgan fingerprint density at radius 3 is 1.02 bits per heavy atom. The summed E-state index contributed by atoms with van der Waals surface area (Å²) in [5.74, 6) is 0.105. The molecule has 0 atom stereocenters. The van der Waals surface area contributed by atoms with Crippen molar-refractivity contribution in [3.05, 3.63) is 237 Å². The first-order valence-electron chi connectivity index (χ1n) is 21.2. The Balaban J connectivity index is 1.13. The van der Waals surface area contributed by atoms with Gasteiger partial charge in [-0.25, -0.2) is 0 Å². The number of amides is 1. The molecule has 59 heavy (non-hydrogen) atoms. The van der Waals surface area contributed by atoms with Gasteiger partial charge in [0.1, 0.15) is 5.41 Å². The summed E-state index contributed by atoms with van der Waals surface area (Å²) in [5.41, 5.74) is 24.5. The van der Waals surface area contributed by atoms with Crippen molar-refractivity contribution in [2.45, 2.75) is 42.9 Å². The van der Waals surface area contributed by atoms with Crippen molar-refractivity contribution >= 4 is 5.91 Å². The third-order valence-electron chi connectivity index (χ3n) is 14.9. The fraction of sp³-hybridized carbons (Fsp3) is 0.140. The highest BCUT2D eigenvalue weighted by molar-refractivity contribution is 5.98. The van der Waals surface area contributed by atoms with Crippen LogP contribution in [-0.4, -0.2) is 12.5 Å². The van der Waals surface area contributed by atoms with Gasteiger partial charge in [-0.3, -0.25) is 4.79 Å². The molecule has 0 radical (unpaired) electrons. The Labute approximate surface area is 345 Å². The standard InChI is InChI=1S/C57H41NO/c59-55-57(53-27-11-23-45-41-19-7-3-15-37(41)31-49(45)53,54-28-12-24-46-42-20-8-4-16-38(42)32-50(46)54)33-56(34-58-55,51-25-9-21-43-39-17-5-1-13-35(39)29-47(43)51)52-26-10-22-44-40-18-6-2-14-36(40)30-48(44)52/h1-28H,29-34H2,(H,58,59). The molecule has 8 aromatic carbocycles. The van der Waals surface area contributed by atoms with Gasteiger partial charge in [0.05, 0.1) is 0 Å². The molecule has 1 aliphatic heterocycles. The van der Waals surface area contributed by atoms with Gasteiger partial charge in [-0.2, -0.15) is 0 Å². The number of carbonyl (C=O) groups excluding carboxylic acids is 1. The number of fused-ring (bicyclic) bond motifs is 12. The molecule has 4 aliphatic carbocycles. The van der Waals surface area contributed by atoms with Crippen molar-refractivity contribution in [1.29, 1.82) is 0 Å². The van der Waals surface area contributed by atoms with Crippen molar-refractivity contribution in [3.63, 3.8) is 0 Å². The molecule has 8 aromatic rings. The van der Waals surface area contributed by atoms with Crippen LogP contribution in [0.25, 0.3) is 44.5 Å². The van der Waals surface area contributed by atoms with E-state index in [-0.39, 0.29) is 5.91 Å². The zero-order chi connectivity index (χ0) is 38.9. The summed E-state index contributed by atoms with van der Waals surface area (Å²) in [4.78, 5) is 15.9. The molecule has 0 unspecified atom stereocenters. The Kier molecular flexibility index (Phi) is 6.83. The molecule has 1 fully saturated rings. The highest BCUT2D eigenvalue weighted by Crippen LogP contribution is 2.58. The maximum Gasteiger partial charge on any atom is 0.235 e. The Hall–Kier alpha value is -6.77. The van der Waals surface area contributed by atoms with Gasteiger partial charge in [0, 0.05) is 12.0 Å². The van der Waals surface area contributed by atoms with Crippen molar-refractivity contribution in [2.75, 3.05) is 6.54 Å². The largest absolute Gasteiger partial charge is 0.354 e. The van der Waals surface area contributed by atoms with Crippen LogP contribution >= 0.6 is 0 Å². The molecule has 0 saturated carbocycles. The quantitative estimate of drug-likeness (QED) is 0.190. The lowest BCUT2D eigenvalue weighted by Crippen LogP contribution is -2.60. The molecule has 13 rings (SSSR count). The van der Waals surface area contributed by atoms with E-state index in [9.17, 15) is 0 Å². The Bertz CT molecular complexity index is 2930. The maximum absolute atomic E-state index is 15.9. The first-order valence-corrected chi connectivity index (χ1v) is 21.2. The van der Waals surface area contributed by atoms with Gasteiger partial charge in [-0.1, -0.05) is 170 Å². The maximum atomic E-state index is 15.9. The third kappa shape index (κ3) is 4.44. The van der Waals surface area contributed by atoms with Gasteiger partial charge in [0.25, 0.3) is 0 Å². The van der Waals surface area contributed by atoms with E-state index in [1.165, 1.54) is 100 Å². The van der Waals surface area contributed by atoms with Crippen molar-refractivity contribution in [3.8, 4) is 44.5 Å².